The molecule has 0 aromatic carbocycles. The molecule has 0 bridgehead atoms. The molecule has 0 aromatic rings. The highest BCUT2D eigenvalue weighted by molar-refractivity contribution is 5.76. The summed E-state index contributed by atoms with van der Waals surface area (Å²) in [6.45, 7) is 3.30. The summed E-state index contributed by atoms with van der Waals surface area (Å²) in [5.41, 5.74) is 0. The summed E-state index contributed by atoms with van der Waals surface area (Å²) >= 11 is 0. The third-order valence-corrected chi connectivity index (χ3v) is 3.69. The number of methoxy groups -OCH3 is 2. The largest absolute Gasteiger partial charge is 0.465 e. The first-order valence-corrected chi connectivity index (χ1v) is 8.36. The van der Waals surface area contributed by atoms with Crippen molar-refractivity contribution in [3.8, 4) is 0 Å². The normalized spacial score (nSPS) is 15.0. The van der Waals surface area contributed by atoms with Crippen molar-refractivity contribution in [2.75, 3.05) is 34.5 Å². The zero-order valence-corrected chi connectivity index (χ0v) is 16.6. The zero-order chi connectivity index (χ0) is 21.0. The molecule has 0 aliphatic rings. The van der Waals surface area contributed by atoms with E-state index in [9.17, 15) is 19.2 Å². The number of nitrogens with one attached hydrogen (secondary N) is 1. The molecule has 1 N–H and O–H groups in total. The van der Waals surface area contributed by atoms with Crippen LogP contribution in [0.5, 0.6) is 0 Å². The van der Waals surface area contributed by atoms with Crippen molar-refractivity contribution in [2.24, 2.45) is 5.92 Å². The van der Waals surface area contributed by atoms with Crippen LogP contribution < -0.4 is 5.32 Å². The molecule has 0 radical (unpaired) electrons. The SMILES string of the molecule is CNC(=O)C[C@H](COC(C)=O)[C@@H](OC)[C@H](OC)[C@@H](COC(C)=O)OC(C)=O. The van der Waals surface area contributed by atoms with Crippen LogP contribution in [0.15, 0.2) is 0 Å². The van der Waals surface area contributed by atoms with Crippen LogP contribution in [-0.4, -0.2) is 76.6 Å². The minimum absolute atomic E-state index is 0.0253. The number of esters is 3. The number of hydrogen-bond donors (Lipinski definition) is 1. The van der Waals surface area contributed by atoms with Gasteiger partial charge in [0.2, 0.25) is 5.91 Å². The average Bonchev–Trinajstić information content (AvgIpc) is 2.59. The van der Waals surface area contributed by atoms with E-state index in [-0.39, 0.29) is 25.5 Å². The Balaban J connectivity index is 5.59. The molecule has 0 unspecified atom stereocenters. The molecular weight excluding hydrogens is 362 g/mol. The van der Waals surface area contributed by atoms with Gasteiger partial charge in [0, 0.05) is 54.4 Å². The van der Waals surface area contributed by atoms with Crippen LogP contribution in [0.4, 0.5) is 0 Å². The molecule has 27 heavy (non-hydrogen) atoms. The second kappa shape index (κ2) is 13.0. The number of carbonyl (C=O) groups is 4. The molecule has 1 amide bonds. The van der Waals surface area contributed by atoms with Crippen LogP contribution >= 0.6 is 0 Å². The Labute approximate surface area is 158 Å². The van der Waals surface area contributed by atoms with Crippen LogP contribution in [0.2, 0.25) is 0 Å². The highest BCUT2D eigenvalue weighted by atomic mass is 16.6. The van der Waals surface area contributed by atoms with Crippen molar-refractivity contribution < 1.29 is 42.9 Å². The maximum Gasteiger partial charge on any atom is 0.303 e. The summed E-state index contributed by atoms with van der Waals surface area (Å²) in [5, 5.41) is 2.49. The Morgan fingerprint density at radius 2 is 1.33 bits per heavy atom. The van der Waals surface area contributed by atoms with Crippen molar-refractivity contribution in [1.29, 1.82) is 0 Å². The molecule has 0 saturated heterocycles. The first kappa shape index (κ1) is 24.8. The summed E-state index contributed by atoms with van der Waals surface area (Å²) in [6.07, 6.45) is -2.69. The number of rotatable bonds is 12. The topological polar surface area (TPSA) is 126 Å². The van der Waals surface area contributed by atoms with Gasteiger partial charge in [0.1, 0.15) is 12.7 Å². The minimum Gasteiger partial charge on any atom is -0.465 e. The molecule has 0 aliphatic heterocycles. The van der Waals surface area contributed by atoms with Crippen LogP contribution in [0.25, 0.3) is 0 Å². The standard InChI is InChI=1S/C17H29NO9/c1-10(19)25-8-13(7-15(22)18-4)16(23-5)17(24-6)14(27-12(3)21)9-26-11(2)20/h13-14,16-17H,7-9H2,1-6H3,(H,18,22)/t13-,14-,16-,17-/m1/s1. The van der Waals surface area contributed by atoms with Gasteiger partial charge in [0.05, 0.1) is 12.7 Å². The Morgan fingerprint density at radius 1 is 0.815 bits per heavy atom. The van der Waals surface area contributed by atoms with Crippen LogP contribution in [0, 0.1) is 5.92 Å². The monoisotopic (exact) mass is 391 g/mol. The Bertz CT molecular complexity index is 509. The molecule has 0 spiro atoms. The Morgan fingerprint density at radius 3 is 1.74 bits per heavy atom. The summed E-state index contributed by atoms with van der Waals surface area (Å²) in [7, 11) is 4.23. The van der Waals surface area contributed by atoms with Gasteiger partial charge in [-0.1, -0.05) is 0 Å². The third-order valence-electron chi connectivity index (χ3n) is 3.69. The maximum atomic E-state index is 11.9. The summed E-state index contributed by atoms with van der Waals surface area (Å²) < 4.78 is 26.1. The lowest BCUT2D eigenvalue weighted by Gasteiger charge is -2.35. The molecule has 0 aromatic heterocycles. The molecule has 156 valence electrons. The fourth-order valence-corrected chi connectivity index (χ4v) is 2.54. The van der Waals surface area contributed by atoms with E-state index in [4.69, 9.17) is 23.7 Å². The second-order valence-corrected chi connectivity index (χ2v) is 5.79. The van der Waals surface area contributed by atoms with Gasteiger partial charge in [0.15, 0.2) is 6.10 Å². The van der Waals surface area contributed by atoms with E-state index in [2.05, 4.69) is 5.32 Å². The summed E-state index contributed by atoms with van der Waals surface area (Å²) in [5.74, 6) is -2.57. The van der Waals surface area contributed by atoms with Crippen LogP contribution in [-0.2, 0) is 42.9 Å². The lowest BCUT2D eigenvalue weighted by atomic mass is 9.91. The fraction of sp³-hybridized carbons (Fsp3) is 0.765. The quantitative estimate of drug-likeness (QED) is 0.356. The highest BCUT2D eigenvalue weighted by Crippen LogP contribution is 2.23. The number of carbonyl (C=O) groups excluding carboxylic acids is 4. The summed E-state index contributed by atoms with van der Waals surface area (Å²) in [6, 6.07) is 0. The summed E-state index contributed by atoms with van der Waals surface area (Å²) in [4.78, 5) is 45.6. The molecule has 0 rings (SSSR count). The van der Waals surface area contributed by atoms with E-state index in [0.717, 1.165) is 0 Å². The molecule has 0 fully saturated rings. The fourth-order valence-electron chi connectivity index (χ4n) is 2.54. The highest BCUT2D eigenvalue weighted by Gasteiger charge is 2.39. The van der Waals surface area contributed by atoms with Gasteiger partial charge in [-0.15, -0.1) is 0 Å². The van der Waals surface area contributed by atoms with E-state index in [1.807, 2.05) is 0 Å². The van der Waals surface area contributed by atoms with Gasteiger partial charge in [-0.2, -0.15) is 0 Å². The average molecular weight is 391 g/mol. The molecule has 0 aliphatic carbocycles. The molecule has 4 atom stereocenters. The molecule has 10 heteroatoms. The van der Waals surface area contributed by atoms with Gasteiger partial charge in [-0.25, -0.2) is 0 Å². The minimum atomic E-state index is -0.981. The third kappa shape index (κ3) is 9.90. The van der Waals surface area contributed by atoms with Gasteiger partial charge in [-0.3, -0.25) is 19.2 Å². The Kier molecular flexibility index (Phi) is 12.0. The van der Waals surface area contributed by atoms with E-state index in [1.165, 1.54) is 42.0 Å². The molecular formula is C17H29NO9. The lowest BCUT2D eigenvalue weighted by Crippen LogP contribution is -2.50. The van der Waals surface area contributed by atoms with E-state index in [1.54, 1.807) is 0 Å². The number of hydrogen-bond acceptors (Lipinski definition) is 9. The molecule has 0 heterocycles. The van der Waals surface area contributed by atoms with Crippen LogP contribution in [0.3, 0.4) is 0 Å². The molecule has 10 nitrogen and oxygen atoms in total. The van der Waals surface area contributed by atoms with Gasteiger partial charge in [-0.05, 0) is 0 Å². The molecule has 0 saturated carbocycles. The second-order valence-electron chi connectivity index (χ2n) is 5.79. The zero-order valence-electron chi connectivity index (χ0n) is 16.6. The van der Waals surface area contributed by atoms with Gasteiger partial charge in [0.25, 0.3) is 0 Å². The van der Waals surface area contributed by atoms with Crippen molar-refractivity contribution in [3.63, 3.8) is 0 Å². The Hall–Kier alpha value is -2.20. The van der Waals surface area contributed by atoms with E-state index < -0.39 is 42.1 Å². The van der Waals surface area contributed by atoms with Gasteiger partial charge >= 0.3 is 17.9 Å². The smallest absolute Gasteiger partial charge is 0.303 e. The number of amides is 1. The first-order chi connectivity index (χ1) is 12.7. The maximum absolute atomic E-state index is 11.9. The first-order valence-electron chi connectivity index (χ1n) is 8.36. The van der Waals surface area contributed by atoms with E-state index in [0.29, 0.717) is 0 Å². The van der Waals surface area contributed by atoms with Crippen molar-refractivity contribution in [3.05, 3.63) is 0 Å². The number of ether oxygens (including phenoxy) is 5. The predicted molar refractivity (Wildman–Crippen MR) is 92.6 cm³/mol. The van der Waals surface area contributed by atoms with E-state index >= 15 is 0 Å². The lowest BCUT2D eigenvalue weighted by molar-refractivity contribution is -0.180. The van der Waals surface area contributed by atoms with Crippen molar-refractivity contribution in [2.45, 2.75) is 45.5 Å². The predicted octanol–water partition coefficient (Wildman–Crippen LogP) is -0.173. The van der Waals surface area contributed by atoms with Gasteiger partial charge < -0.3 is 29.0 Å². The van der Waals surface area contributed by atoms with Crippen molar-refractivity contribution in [1.82, 2.24) is 5.32 Å². The van der Waals surface area contributed by atoms with Crippen LogP contribution in [0.1, 0.15) is 27.2 Å². The van der Waals surface area contributed by atoms with Crippen molar-refractivity contribution >= 4 is 23.8 Å².